The average Bonchev–Trinajstić information content (AvgIpc) is 3.34. The van der Waals surface area contributed by atoms with Crippen LogP contribution >= 0.6 is 11.3 Å². The van der Waals surface area contributed by atoms with Gasteiger partial charge >= 0.3 is 0 Å². The maximum absolute atomic E-state index is 7.73. The highest BCUT2D eigenvalue weighted by Crippen LogP contribution is 2.37. The molecule has 0 aliphatic heterocycles. The molecule has 162 valence electrons. The topological polar surface area (TPSA) is 48.2 Å². The first kappa shape index (κ1) is 19.8. The molecule has 0 aliphatic rings. The van der Waals surface area contributed by atoms with Crippen LogP contribution < -0.4 is 4.74 Å². The van der Waals surface area contributed by atoms with Crippen molar-refractivity contribution in [2.24, 2.45) is 11.8 Å². The van der Waals surface area contributed by atoms with E-state index in [1.165, 1.54) is 11.1 Å². The molecule has 4 nitrogen and oxygen atoms in total. The van der Waals surface area contributed by atoms with Crippen LogP contribution in [0, 0.1) is 25.7 Å². The van der Waals surface area contributed by atoms with Crippen molar-refractivity contribution in [2.45, 2.75) is 67.7 Å². The quantitative estimate of drug-likeness (QED) is 0.359. The van der Waals surface area contributed by atoms with Crippen molar-refractivity contribution in [2.75, 3.05) is 6.61 Å². The summed E-state index contributed by atoms with van der Waals surface area (Å²) in [5.74, 6) is 2.98. The summed E-state index contributed by atoms with van der Waals surface area (Å²) in [7, 11) is 0. The zero-order chi connectivity index (χ0) is 23.4. The number of aromatic nitrogens is 2. The van der Waals surface area contributed by atoms with E-state index < -0.39 is 6.40 Å². The van der Waals surface area contributed by atoms with Gasteiger partial charge in [0.2, 0.25) is 5.89 Å². The molecule has 1 atom stereocenters. The van der Waals surface area contributed by atoms with Crippen molar-refractivity contribution in [1.82, 2.24) is 10.2 Å². The number of benzene rings is 1. The van der Waals surface area contributed by atoms with Crippen LogP contribution in [0.3, 0.4) is 0 Å². The monoisotopic (exact) mass is 428 g/mol. The highest BCUT2D eigenvalue weighted by Gasteiger charge is 2.21. The van der Waals surface area contributed by atoms with E-state index in [1.54, 1.807) is 11.3 Å². The Morgan fingerprint density at radius 2 is 1.73 bits per heavy atom. The summed E-state index contributed by atoms with van der Waals surface area (Å²) in [4.78, 5) is 1.08. The maximum Gasteiger partial charge on any atom is 0.258 e. The Balaban J connectivity index is 1.90. The number of aryl methyl sites for hydroxylation is 2. The Labute approximate surface area is 187 Å². The van der Waals surface area contributed by atoms with Crippen LogP contribution in [0.25, 0.3) is 22.2 Å². The van der Waals surface area contributed by atoms with Crippen LogP contribution in [0.15, 0.2) is 21.9 Å². The molecule has 0 saturated carbocycles. The Hall–Kier alpha value is -2.14. The first-order valence-corrected chi connectivity index (χ1v) is 11.5. The van der Waals surface area contributed by atoms with Gasteiger partial charge in [0.15, 0.2) is 0 Å². The first-order valence-electron chi connectivity index (χ1n) is 11.9. The van der Waals surface area contributed by atoms with Gasteiger partial charge in [0.05, 0.1) is 11.5 Å². The molecule has 0 N–H and O–H groups in total. The summed E-state index contributed by atoms with van der Waals surface area (Å²) >= 11 is 1.69. The van der Waals surface area contributed by atoms with E-state index >= 15 is 0 Å². The minimum Gasteiger partial charge on any atom is -0.493 e. The third-order valence-electron chi connectivity index (χ3n) is 4.89. The zero-order valence-corrected chi connectivity index (χ0v) is 19.7. The Morgan fingerprint density at radius 1 is 1.07 bits per heavy atom. The van der Waals surface area contributed by atoms with Gasteiger partial charge in [-0.2, -0.15) is 0 Å². The molecular formula is C25H34N2O2S. The predicted octanol–water partition coefficient (Wildman–Crippen LogP) is 7.27. The van der Waals surface area contributed by atoms with Crippen molar-refractivity contribution in [3.05, 3.63) is 39.8 Å². The summed E-state index contributed by atoms with van der Waals surface area (Å²) in [6.07, 6.45) is 1.51. The summed E-state index contributed by atoms with van der Waals surface area (Å²) in [5, 5.41) is 11.0. The van der Waals surface area contributed by atoms with E-state index in [1.807, 2.05) is 26.0 Å². The van der Waals surface area contributed by atoms with Crippen LogP contribution in [0.1, 0.15) is 66.0 Å². The molecule has 0 saturated heterocycles. The van der Waals surface area contributed by atoms with Crippen molar-refractivity contribution < 1.29 is 11.9 Å². The Kier molecular flexibility index (Phi) is 6.45. The third kappa shape index (κ3) is 5.12. The molecule has 0 fully saturated rings. The van der Waals surface area contributed by atoms with Gasteiger partial charge in [-0.15, -0.1) is 21.5 Å². The predicted molar refractivity (Wildman–Crippen MR) is 125 cm³/mol. The maximum atomic E-state index is 7.73. The molecule has 2 heterocycles. The van der Waals surface area contributed by atoms with E-state index in [4.69, 9.17) is 11.9 Å². The molecule has 0 spiro atoms. The molecule has 0 aliphatic carbocycles. The van der Waals surface area contributed by atoms with Crippen LogP contribution in [0.2, 0.25) is 0 Å². The van der Waals surface area contributed by atoms with E-state index in [0.717, 1.165) is 40.2 Å². The first-order chi connectivity index (χ1) is 15.2. The van der Waals surface area contributed by atoms with Gasteiger partial charge in [0.25, 0.3) is 5.89 Å². The molecule has 30 heavy (non-hydrogen) atoms. The van der Waals surface area contributed by atoms with Crippen LogP contribution in [0.5, 0.6) is 5.75 Å². The summed E-state index contributed by atoms with van der Waals surface area (Å²) in [5.41, 5.74) is 5.49. The van der Waals surface area contributed by atoms with E-state index in [0.29, 0.717) is 23.6 Å². The lowest BCUT2D eigenvalue weighted by Crippen LogP contribution is -2.01. The Morgan fingerprint density at radius 3 is 2.37 bits per heavy atom. The van der Waals surface area contributed by atoms with Crippen molar-refractivity contribution >= 4 is 11.3 Å². The third-order valence-corrected chi connectivity index (χ3v) is 5.95. The normalized spacial score (nSPS) is 13.6. The second-order valence-corrected chi connectivity index (χ2v) is 9.60. The molecule has 3 rings (SSSR count). The van der Waals surface area contributed by atoms with E-state index in [2.05, 4.69) is 43.3 Å². The van der Waals surface area contributed by atoms with Crippen molar-refractivity contribution in [3.63, 3.8) is 0 Å². The number of hydrogen-bond acceptors (Lipinski definition) is 5. The van der Waals surface area contributed by atoms with Gasteiger partial charge < -0.3 is 9.15 Å². The van der Waals surface area contributed by atoms with Crippen LogP contribution in [-0.2, 0) is 12.8 Å². The highest BCUT2D eigenvalue weighted by molar-refractivity contribution is 7.13. The van der Waals surface area contributed by atoms with Crippen LogP contribution in [0.4, 0.5) is 0 Å². The SMILES string of the molecule is [2H]CC([2H])COc1c(C)cc(-c2nnc(-c3scc(CC(C)C)c3CC(C)C)o2)cc1C. The molecule has 0 amide bonds. The molecule has 2 aromatic heterocycles. The number of ether oxygens (including phenoxy) is 1. The smallest absolute Gasteiger partial charge is 0.258 e. The standard InChI is InChI=1S/C25H34N2O2S/c1-8-9-28-22-17(6)12-19(13-18(22)7)24-26-27-25(29-24)23-21(11-16(4)5)20(14-30-23)10-15(2)3/h12-16H,8-11H2,1-7H3/i1D,8D. The fraction of sp³-hybridized carbons (Fsp3) is 0.520. The van der Waals surface area contributed by atoms with Gasteiger partial charge in [0.1, 0.15) is 5.75 Å². The lowest BCUT2D eigenvalue weighted by atomic mass is 9.95. The summed E-state index contributed by atoms with van der Waals surface area (Å²) < 4.78 is 27.0. The average molecular weight is 429 g/mol. The van der Waals surface area contributed by atoms with E-state index in [9.17, 15) is 0 Å². The minimum absolute atomic E-state index is 0.0291. The molecule has 3 aromatic rings. The van der Waals surface area contributed by atoms with Gasteiger partial charge in [-0.05, 0) is 84.7 Å². The van der Waals surface area contributed by atoms with Crippen LogP contribution in [-0.4, -0.2) is 16.8 Å². The molecule has 5 heteroatoms. The minimum atomic E-state index is -0.543. The van der Waals surface area contributed by atoms with Gasteiger partial charge in [-0.1, -0.05) is 34.6 Å². The van der Waals surface area contributed by atoms with Crippen molar-refractivity contribution in [3.8, 4) is 28.0 Å². The largest absolute Gasteiger partial charge is 0.493 e. The highest BCUT2D eigenvalue weighted by atomic mass is 32.1. The molecule has 1 unspecified atom stereocenters. The number of thiophene rings is 1. The van der Waals surface area contributed by atoms with Gasteiger partial charge in [-0.3, -0.25) is 0 Å². The second-order valence-electron chi connectivity index (χ2n) is 8.72. The molecule has 0 radical (unpaired) electrons. The summed E-state index contributed by atoms with van der Waals surface area (Å²) in [6.45, 7) is 13.2. The number of nitrogens with zero attached hydrogens (tertiary/aromatic N) is 2. The van der Waals surface area contributed by atoms with Gasteiger partial charge in [0, 0.05) is 8.30 Å². The van der Waals surface area contributed by atoms with E-state index in [-0.39, 0.29) is 13.5 Å². The van der Waals surface area contributed by atoms with Gasteiger partial charge in [-0.25, -0.2) is 0 Å². The molecule has 0 bridgehead atoms. The number of rotatable bonds is 9. The molecule has 1 aromatic carbocycles. The zero-order valence-electron chi connectivity index (χ0n) is 20.9. The number of hydrogen-bond donors (Lipinski definition) is 0. The Bertz CT molecular complexity index is 1020. The lowest BCUT2D eigenvalue weighted by Gasteiger charge is -2.12. The molecular weight excluding hydrogens is 392 g/mol. The van der Waals surface area contributed by atoms with Crippen molar-refractivity contribution in [1.29, 1.82) is 0 Å². The second kappa shape index (κ2) is 9.78. The fourth-order valence-electron chi connectivity index (χ4n) is 3.72. The fourth-order valence-corrected chi connectivity index (χ4v) is 4.75. The lowest BCUT2D eigenvalue weighted by molar-refractivity contribution is 0.313. The summed E-state index contributed by atoms with van der Waals surface area (Å²) in [6, 6.07) is 3.96.